The van der Waals surface area contributed by atoms with E-state index < -0.39 is 0 Å². The normalized spacial score (nSPS) is 18.3. The van der Waals surface area contributed by atoms with Gasteiger partial charge in [0, 0.05) is 50.9 Å². The lowest BCUT2D eigenvalue weighted by Crippen LogP contribution is -2.51. The van der Waals surface area contributed by atoms with Crippen molar-refractivity contribution in [1.82, 2.24) is 25.7 Å². The van der Waals surface area contributed by atoms with Gasteiger partial charge < -0.3 is 20.9 Å². The molecule has 0 bridgehead atoms. The number of nitrogens with zero attached hydrogens (tertiary/aromatic N) is 4. The Morgan fingerprint density at radius 3 is 2.78 bits per heavy atom. The first kappa shape index (κ1) is 21.1. The monoisotopic (exact) mass is 377 g/mol. The smallest absolute Gasteiger partial charge is 0.225 e. The molecule has 1 amide bonds. The number of nitrogens with one attached hydrogen (secondary N) is 3. The number of hydrogen-bond acceptors (Lipinski definition) is 4. The molecule has 1 aromatic heterocycles. The number of aryl methyl sites for hydroxylation is 1. The third-order valence-corrected chi connectivity index (χ3v) is 4.51. The van der Waals surface area contributed by atoms with Crippen molar-refractivity contribution in [2.75, 3.05) is 37.6 Å². The molecule has 1 unspecified atom stereocenters. The van der Waals surface area contributed by atoms with Crippen molar-refractivity contribution in [1.29, 1.82) is 0 Å². The summed E-state index contributed by atoms with van der Waals surface area (Å²) in [7, 11) is 1.94. The summed E-state index contributed by atoms with van der Waals surface area (Å²) in [4.78, 5) is 18.9. The van der Waals surface area contributed by atoms with Gasteiger partial charge in [0.1, 0.15) is 0 Å². The number of rotatable bonds is 6. The van der Waals surface area contributed by atoms with Gasteiger partial charge in [0.05, 0.1) is 18.4 Å². The molecule has 8 nitrogen and oxygen atoms in total. The number of amides is 1. The van der Waals surface area contributed by atoms with Gasteiger partial charge in [0.25, 0.3) is 0 Å². The van der Waals surface area contributed by atoms with E-state index in [-0.39, 0.29) is 11.3 Å². The molecule has 0 saturated carbocycles. The number of anilines is 1. The summed E-state index contributed by atoms with van der Waals surface area (Å²) in [6.45, 7) is 11.7. The van der Waals surface area contributed by atoms with Gasteiger partial charge in [-0.25, -0.2) is 0 Å². The van der Waals surface area contributed by atoms with Crippen molar-refractivity contribution in [3.63, 3.8) is 0 Å². The Morgan fingerprint density at radius 2 is 2.15 bits per heavy atom. The lowest BCUT2D eigenvalue weighted by molar-refractivity contribution is -0.128. The number of guanidine groups is 1. The lowest BCUT2D eigenvalue weighted by Gasteiger charge is -2.34. The molecule has 1 atom stereocenters. The minimum Gasteiger partial charge on any atom is -0.367 e. The van der Waals surface area contributed by atoms with E-state index in [1.54, 1.807) is 0 Å². The molecule has 0 spiro atoms. The Bertz CT molecular complexity index is 632. The molecule has 1 aliphatic rings. The van der Waals surface area contributed by atoms with Crippen LogP contribution < -0.4 is 20.9 Å². The fourth-order valence-corrected chi connectivity index (χ4v) is 3.02. The van der Waals surface area contributed by atoms with E-state index in [2.05, 4.69) is 44.1 Å². The highest BCUT2D eigenvalue weighted by Gasteiger charge is 2.22. The van der Waals surface area contributed by atoms with E-state index >= 15 is 0 Å². The van der Waals surface area contributed by atoms with Gasteiger partial charge in [-0.3, -0.25) is 14.5 Å². The van der Waals surface area contributed by atoms with Crippen molar-refractivity contribution in [2.24, 2.45) is 17.5 Å². The molecule has 27 heavy (non-hydrogen) atoms. The fraction of sp³-hybridized carbons (Fsp3) is 0.737. The number of hydrogen-bond donors (Lipinski definition) is 3. The molecule has 3 N–H and O–H groups in total. The SMILES string of the molecule is CCNC(=NCCNC(=O)C(C)(C)C)NC1CCCN(c2cnn(C)c2)C1. The summed E-state index contributed by atoms with van der Waals surface area (Å²) >= 11 is 0. The van der Waals surface area contributed by atoms with Gasteiger partial charge in [-0.15, -0.1) is 0 Å². The molecule has 0 aromatic carbocycles. The van der Waals surface area contributed by atoms with Crippen LogP contribution in [-0.2, 0) is 11.8 Å². The maximum atomic E-state index is 11.9. The summed E-state index contributed by atoms with van der Waals surface area (Å²) in [5.41, 5.74) is 0.792. The Morgan fingerprint density at radius 1 is 1.37 bits per heavy atom. The number of aliphatic imine (C=N–C) groups is 1. The third kappa shape index (κ3) is 6.77. The van der Waals surface area contributed by atoms with Crippen LogP contribution in [0.15, 0.2) is 17.4 Å². The highest BCUT2D eigenvalue weighted by molar-refractivity contribution is 5.81. The van der Waals surface area contributed by atoms with Crippen LogP contribution in [0, 0.1) is 5.41 Å². The zero-order chi connectivity index (χ0) is 19.9. The predicted octanol–water partition coefficient (Wildman–Crippen LogP) is 1.11. The predicted molar refractivity (Wildman–Crippen MR) is 110 cm³/mol. The molecule has 8 heteroatoms. The Balaban J connectivity index is 1.85. The molecule has 2 rings (SSSR count). The van der Waals surface area contributed by atoms with Crippen molar-refractivity contribution in [2.45, 2.75) is 46.6 Å². The van der Waals surface area contributed by atoms with Crippen LogP contribution in [0.3, 0.4) is 0 Å². The fourth-order valence-electron chi connectivity index (χ4n) is 3.02. The van der Waals surface area contributed by atoms with Crippen molar-refractivity contribution in [3.05, 3.63) is 12.4 Å². The summed E-state index contributed by atoms with van der Waals surface area (Å²) in [5.74, 6) is 0.857. The van der Waals surface area contributed by atoms with Gasteiger partial charge in [0.15, 0.2) is 5.96 Å². The zero-order valence-corrected chi connectivity index (χ0v) is 17.4. The minimum absolute atomic E-state index is 0.0510. The topological polar surface area (TPSA) is 86.6 Å². The van der Waals surface area contributed by atoms with Crippen LogP contribution >= 0.6 is 0 Å². The van der Waals surface area contributed by atoms with E-state index in [9.17, 15) is 4.79 Å². The second kappa shape index (κ2) is 9.62. The minimum atomic E-state index is -0.371. The molecule has 2 heterocycles. The van der Waals surface area contributed by atoms with Gasteiger partial charge in [-0.05, 0) is 19.8 Å². The van der Waals surface area contributed by atoms with Gasteiger partial charge in [-0.1, -0.05) is 20.8 Å². The third-order valence-electron chi connectivity index (χ3n) is 4.51. The number of carbonyl (C=O) groups excluding carboxylic acids is 1. The zero-order valence-electron chi connectivity index (χ0n) is 17.4. The quantitative estimate of drug-likeness (QED) is 0.393. The maximum absolute atomic E-state index is 11.9. The molecule has 1 aliphatic heterocycles. The van der Waals surface area contributed by atoms with E-state index in [0.29, 0.717) is 19.1 Å². The van der Waals surface area contributed by atoms with Crippen LogP contribution in [0.2, 0.25) is 0 Å². The summed E-state index contributed by atoms with van der Waals surface area (Å²) in [5, 5.41) is 14.0. The second-order valence-corrected chi connectivity index (χ2v) is 8.07. The highest BCUT2D eigenvalue weighted by atomic mass is 16.2. The molecule has 1 aromatic rings. The van der Waals surface area contributed by atoms with Crippen LogP contribution in [0.5, 0.6) is 0 Å². The van der Waals surface area contributed by atoms with E-state index in [0.717, 1.165) is 44.1 Å². The van der Waals surface area contributed by atoms with Gasteiger partial charge in [0.2, 0.25) is 5.91 Å². The summed E-state index contributed by atoms with van der Waals surface area (Å²) in [6.07, 6.45) is 6.22. The van der Waals surface area contributed by atoms with Crippen LogP contribution in [0.1, 0.15) is 40.5 Å². The average Bonchev–Trinajstić information content (AvgIpc) is 3.04. The average molecular weight is 378 g/mol. The molecule has 152 valence electrons. The van der Waals surface area contributed by atoms with E-state index in [4.69, 9.17) is 0 Å². The van der Waals surface area contributed by atoms with Crippen molar-refractivity contribution >= 4 is 17.6 Å². The molecule has 0 radical (unpaired) electrons. The maximum Gasteiger partial charge on any atom is 0.225 e. The molecule has 1 fully saturated rings. The molecule has 0 aliphatic carbocycles. The van der Waals surface area contributed by atoms with Gasteiger partial charge >= 0.3 is 0 Å². The number of carbonyl (C=O) groups is 1. The second-order valence-electron chi connectivity index (χ2n) is 8.07. The van der Waals surface area contributed by atoms with Crippen LogP contribution in [-0.4, -0.2) is 60.4 Å². The van der Waals surface area contributed by atoms with Crippen molar-refractivity contribution in [3.8, 4) is 0 Å². The van der Waals surface area contributed by atoms with Gasteiger partial charge in [-0.2, -0.15) is 5.10 Å². The number of aromatic nitrogens is 2. The Kier molecular flexibility index (Phi) is 7.50. The Labute approximate surface area is 162 Å². The first-order valence-electron chi connectivity index (χ1n) is 9.86. The number of piperidine rings is 1. The highest BCUT2D eigenvalue weighted by Crippen LogP contribution is 2.18. The van der Waals surface area contributed by atoms with Crippen molar-refractivity contribution < 1.29 is 4.79 Å². The van der Waals surface area contributed by atoms with Crippen LogP contribution in [0.4, 0.5) is 5.69 Å². The Hall–Kier alpha value is -2.25. The first-order valence-corrected chi connectivity index (χ1v) is 9.86. The first-order chi connectivity index (χ1) is 12.8. The lowest BCUT2D eigenvalue weighted by atomic mass is 9.96. The van der Waals surface area contributed by atoms with E-state index in [1.165, 1.54) is 0 Å². The standard InChI is InChI=1S/C19H35N7O/c1-6-20-18(22-10-9-21-17(27)19(2,3)4)24-15-8-7-11-26(13-15)16-12-23-25(5)14-16/h12,14-15H,6-11,13H2,1-5H3,(H,21,27)(H2,20,22,24). The van der Waals surface area contributed by atoms with Crippen LogP contribution in [0.25, 0.3) is 0 Å². The van der Waals surface area contributed by atoms with E-state index in [1.807, 2.05) is 38.7 Å². The molecule has 1 saturated heterocycles. The molecular weight excluding hydrogens is 342 g/mol. The summed E-state index contributed by atoms with van der Waals surface area (Å²) in [6, 6.07) is 0.334. The molecular formula is C19H35N7O. The largest absolute Gasteiger partial charge is 0.367 e. The summed E-state index contributed by atoms with van der Waals surface area (Å²) < 4.78 is 1.84.